The second-order valence-corrected chi connectivity index (χ2v) is 9.91. The van der Waals surface area contributed by atoms with E-state index in [1.165, 1.54) is 11.1 Å². The van der Waals surface area contributed by atoms with Gasteiger partial charge in [0.05, 0.1) is 6.61 Å². The number of amides is 2. The van der Waals surface area contributed by atoms with Crippen LogP contribution in [0.2, 0.25) is 0 Å². The summed E-state index contributed by atoms with van der Waals surface area (Å²) in [6.07, 6.45) is 7.87. The van der Waals surface area contributed by atoms with E-state index in [0.717, 1.165) is 43.5 Å². The van der Waals surface area contributed by atoms with Crippen molar-refractivity contribution in [2.75, 3.05) is 13.2 Å². The third-order valence-electron chi connectivity index (χ3n) is 7.02. The molecule has 3 atom stereocenters. The van der Waals surface area contributed by atoms with Gasteiger partial charge in [0.15, 0.2) is 0 Å². The van der Waals surface area contributed by atoms with Gasteiger partial charge < -0.3 is 15.4 Å². The van der Waals surface area contributed by atoms with Gasteiger partial charge in [0.1, 0.15) is 5.75 Å². The van der Waals surface area contributed by atoms with Gasteiger partial charge in [0.2, 0.25) is 12.3 Å². The molecule has 39 heavy (non-hydrogen) atoms. The van der Waals surface area contributed by atoms with Gasteiger partial charge in [-0.2, -0.15) is 0 Å². The van der Waals surface area contributed by atoms with Crippen LogP contribution in [-0.2, 0) is 16.1 Å². The first kappa shape index (κ1) is 36.4. The fourth-order valence-electron chi connectivity index (χ4n) is 4.72. The van der Waals surface area contributed by atoms with E-state index in [1.54, 1.807) is 19.1 Å². The van der Waals surface area contributed by atoms with E-state index in [9.17, 15) is 9.59 Å². The molecule has 1 aliphatic rings. The third-order valence-corrected chi connectivity index (χ3v) is 7.35. The molecule has 2 rings (SSSR count). The Morgan fingerprint density at radius 2 is 1.87 bits per heavy atom. The Bertz CT molecular complexity index is 945. The summed E-state index contributed by atoms with van der Waals surface area (Å²) in [5.74, 6) is 0.856. The van der Waals surface area contributed by atoms with Crippen LogP contribution in [0.4, 0.5) is 0 Å². The maximum Gasteiger partial charge on any atom is 0.247 e. The predicted molar refractivity (Wildman–Crippen MR) is 166 cm³/mol. The molecule has 1 fully saturated rings. The summed E-state index contributed by atoms with van der Waals surface area (Å²) in [6, 6.07) is 5.14. The number of benzene rings is 1. The summed E-state index contributed by atoms with van der Waals surface area (Å²) < 4.78 is 5.95. The van der Waals surface area contributed by atoms with Gasteiger partial charge in [-0.15, -0.1) is 13.2 Å². The fourth-order valence-corrected chi connectivity index (χ4v) is 4.88. The number of hydrogen-bond donors (Lipinski definition) is 2. The molecule has 1 aliphatic heterocycles. The van der Waals surface area contributed by atoms with E-state index in [4.69, 9.17) is 16.3 Å². The molecule has 1 aromatic carbocycles. The van der Waals surface area contributed by atoms with E-state index >= 15 is 0 Å². The summed E-state index contributed by atoms with van der Waals surface area (Å²) in [4.78, 5) is 25.6. The maximum atomic E-state index is 12.7. The van der Waals surface area contributed by atoms with Crippen LogP contribution in [0.1, 0.15) is 83.9 Å². The highest BCUT2D eigenvalue weighted by molar-refractivity contribution is 6.31. The minimum atomic E-state index is -0.0468. The highest BCUT2D eigenvalue weighted by Crippen LogP contribution is 2.31. The molecule has 1 aromatic rings. The second kappa shape index (κ2) is 20.3. The number of carbonyl (C=O) groups excluding carboxylic acids is 2. The predicted octanol–water partition coefficient (Wildman–Crippen LogP) is 6.98. The first-order valence-electron chi connectivity index (χ1n) is 14.2. The molecular weight excluding hydrogens is 510 g/mol. The molecule has 1 saturated heterocycles. The van der Waals surface area contributed by atoms with E-state index in [-0.39, 0.29) is 11.9 Å². The summed E-state index contributed by atoms with van der Waals surface area (Å²) in [5.41, 5.74) is 4.36. The monoisotopic (exact) mass is 561 g/mol. The van der Waals surface area contributed by atoms with Crippen LogP contribution in [0.25, 0.3) is 0 Å². The molecule has 0 radical (unpaired) electrons. The van der Waals surface area contributed by atoms with E-state index in [1.807, 2.05) is 20.8 Å². The number of halogens is 1. The number of likely N-dealkylation sites (tertiary alicyclic amines) is 1. The SMILES string of the molecule is C/C=C(Cl)\C=C(/C)C(=O)NC1CC(C)N(Cc2ccc(OCCCNC=O)c(C)c2C)C(CC)C1.C=C.CC. The zero-order valence-electron chi connectivity index (χ0n) is 25.5. The summed E-state index contributed by atoms with van der Waals surface area (Å²) in [6.45, 7) is 24.5. The fraction of sp³-hybridized carbons (Fsp3) is 0.562. The lowest BCUT2D eigenvalue weighted by atomic mass is 9.89. The van der Waals surface area contributed by atoms with Crippen molar-refractivity contribution < 1.29 is 14.3 Å². The molecule has 2 amide bonds. The third kappa shape index (κ3) is 12.0. The molecule has 0 aliphatic carbocycles. The smallest absolute Gasteiger partial charge is 0.247 e. The van der Waals surface area contributed by atoms with Crippen molar-refractivity contribution in [3.63, 3.8) is 0 Å². The normalized spacial score (nSPS) is 19.6. The summed E-state index contributed by atoms with van der Waals surface area (Å²) >= 11 is 6.06. The van der Waals surface area contributed by atoms with Crippen molar-refractivity contribution in [3.05, 3.63) is 64.7 Å². The van der Waals surface area contributed by atoms with Crippen LogP contribution in [0.3, 0.4) is 0 Å². The molecule has 0 spiro atoms. The number of allylic oxidation sites excluding steroid dienone is 3. The summed E-state index contributed by atoms with van der Waals surface area (Å²) in [7, 11) is 0. The zero-order valence-corrected chi connectivity index (χ0v) is 26.3. The Kier molecular flexibility index (Phi) is 19.0. The van der Waals surface area contributed by atoms with Crippen LogP contribution < -0.4 is 15.4 Å². The van der Waals surface area contributed by atoms with Gasteiger partial charge in [-0.3, -0.25) is 14.5 Å². The van der Waals surface area contributed by atoms with E-state index in [0.29, 0.717) is 42.3 Å². The van der Waals surface area contributed by atoms with Crippen molar-refractivity contribution in [1.82, 2.24) is 15.5 Å². The standard InChI is InChI=1S/C28H42ClN3O3.C2H6.C2H4/c1-7-24(29)14-19(3)28(34)31-25-15-20(4)32(26(8-2)16-25)17-23-10-11-27(22(6)21(23)5)35-13-9-12-30-18-33;2*1-2/h7,10-11,14,18,20,25-26H,8-9,12-13,15-17H2,1-6H3,(H,30,33)(H,31,34);1-2H3;1-2H2/b19-14+,24-7+;;. The van der Waals surface area contributed by atoms with Gasteiger partial charge in [-0.1, -0.05) is 44.5 Å². The van der Waals surface area contributed by atoms with Gasteiger partial charge >= 0.3 is 0 Å². The van der Waals surface area contributed by atoms with Gasteiger partial charge in [0, 0.05) is 41.8 Å². The van der Waals surface area contributed by atoms with Crippen molar-refractivity contribution >= 4 is 23.9 Å². The van der Waals surface area contributed by atoms with E-state index < -0.39 is 0 Å². The van der Waals surface area contributed by atoms with Crippen LogP contribution in [0.5, 0.6) is 5.75 Å². The Morgan fingerprint density at radius 1 is 1.21 bits per heavy atom. The Labute approximate surface area is 242 Å². The van der Waals surface area contributed by atoms with Crippen LogP contribution in [-0.4, -0.2) is 48.5 Å². The molecular formula is C32H52ClN3O3. The molecule has 7 heteroatoms. The molecule has 1 heterocycles. The highest BCUT2D eigenvalue weighted by atomic mass is 35.5. The number of hydrogen-bond acceptors (Lipinski definition) is 4. The van der Waals surface area contributed by atoms with Crippen molar-refractivity contribution in [2.45, 2.75) is 106 Å². The van der Waals surface area contributed by atoms with Crippen molar-refractivity contribution in [3.8, 4) is 5.75 Å². The number of nitrogens with one attached hydrogen (secondary N) is 2. The summed E-state index contributed by atoms with van der Waals surface area (Å²) in [5, 5.41) is 6.46. The lowest BCUT2D eigenvalue weighted by molar-refractivity contribution is -0.118. The number of ether oxygens (including phenoxy) is 1. The Morgan fingerprint density at radius 3 is 2.46 bits per heavy atom. The molecule has 0 saturated carbocycles. The average molecular weight is 562 g/mol. The van der Waals surface area contributed by atoms with Gasteiger partial charge in [-0.05, 0) is 89.1 Å². The molecule has 220 valence electrons. The Hall–Kier alpha value is -2.57. The van der Waals surface area contributed by atoms with E-state index in [2.05, 4.69) is 68.5 Å². The first-order valence-corrected chi connectivity index (χ1v) is 14.5. The topological polar surface area (TPSA) is 70.7 Å². The van der Waals surface area contributed by atoms with Crippen molar-refractivity contribution in [1.29, 1.82) is 0 Å². The van der Waals surface area contributed by atoms with Crippen LogP contribution >= 0.6 is 11.6 Å². The molecule has 3 unspecified atom stereocenters. The van der Waals surface area contributed by atoms with Crippen molar-refractivity contribution in [2.24, 2.45) is 0 Å². The quantitative estimate of drug-likeness (QED) is 0.0949. The van der Waals surface area contributed by atoms with Gasteiger partial charge in [0.25, 0.3) is 0 Å². The molecule has 2 N–H and O–H groups in total. The number of nitrogens with zero attached hydrogens (tertiary/aromatic N) is 1. The lowest BCUT2D eigenvalue weighted by Crippen LogP contribution is -2.53. The maximum absolute atomic E-state index is 12.7. The molecule has 0 bridgehead atoms. The number of rotatable bonds is 12. The highest BCUT2D eigenvalue weighted by Gasteiger charge is 2.33. The average Bonchev–Trinajstić information content (AvgIpc) is 2.95. The zero-order chi connectivity index (χ0) is 30.0. The minimum absolute atomic E-state index is 0.0468. The first-order chi connectivity index (χ1) is 18.7. The van der Waals surface area contributed by atoms with Gasteiger partial charge in [-0.25, -0.2) is 0 Å². The second-order valence-electron chi connectivity index (χ2n) is 9.47. The number of carbonyl (C=O) groups is 2. The Balaban J connectivity index is 0.00000344. The largest absolute Gasteiger partial charge is 0.493 e. The minimum Gasteiger partial charge on any atom is -0.493 e. The molecule has 6 nitrogen and oxygen atoms in total. The van der Waals surface area contributed by atoms with Crippen LogP contribution in [0, 0.1) is 13.8 Å². The molecule has 0 aromatic heterocycles. The lowest BCUT2D eigenvalue weighted by Gasteiger charge is -2.44. The van der Waals surface area contributed by atoms with Crippen LogP contribution in [0.15, 0.2) is 48.0 Å². The number of piperidine rings is 1.